The number of ether oxygens (including phenoxy) is 1. The van der Waals surface area contributed by atoms with Gasteiger partial charge in [-0.05, 0) is 37.0 Å². The number of carbonyl (C=O) groups is 1. The van der Waals surface area contributed by atoms with Crippen molar-refractivity contribution in [3.05, 3.63) is 82.6 Å². The van der Waals surface area contributed by atoms with Gasteiger partial charge in [0.2, 0.25) is 11.1 Å². The third kappa shape index (κ3) is 4.51. The van der Waals surface area contributed by atoms with Crippen molar-refractivity contribution in [1.29, 1.82) is 0 Å². The number of anilines is 1. The van der Waals surface area contributed by atoms with E-state index >= 15 is 0 Å². The molecule has 1 aliphatic heterocycles. The molecule has 0 unspecified atom stereocenters. The van der Waals surface area contributed by atoms with Crippen LogP contribution in [-0.4, -0.2) is 27.3 Å². The van der Waals surface area contributed by atoms with Crippen molar-refractivity contribution < 1.29 is 9.53 Å². The van der Waals surface area contributed by atoms with E-state index in [1.165, 1.54) is 11.1 Å². The number of fused-ring (bicyclic) bond motifs is 1. The van der Waals surface area contributed by atoms with Gasteiger partial charge in [-0.25, -0.2) is 9.48 Å². The third-order valence-electron chi connectivity index (χ3n) is 5.24. The zero-order valence-electron chi connectivity index (χ0n) is 18.0. The van der Waals surface area contributed by atoms with Crippen molar-refractivity contribution in [2.45, 2.75) is 44.1 Å². The molecular weight excluding hydrogens is 408 g/mol. The molecular formula is C24H26N4O2S. The Morgan fingerprint density at radius 3 is 2.52 bits per heavy atom. The lowest BCUT2D eigenvalue weighted by atomic mass is 9.95. The summed E-state index contributed by atoms with van der Waals surface area (Å²) in [5, 5.41) is 8.67. The molecule has 2 aromatic carbocycles. The minimum absolute atomic E-state index is 0.319. The zero-order valence-corrected chi connectivity index (χ0v) is 18.8. The number of esters is 1. The molecule has 1 atom stereocenters. The summed E-state index contributed by atoms with van der Waals surface area (Å²) < 4.78 is 7.17. The van der Waals surface area contributed by atoms with Gasteiger partial charge in [-0.15, -0.1) is 5.10 Å². The van der Waals surface area contributed by atoms with Gasteiger partial charge in [-0.1, -0.05) is 73.3 Å². The lowest BCUT2D eigenvalue weighted by molar-refractivity contribution is -0.139. The molecule has 2 heterocycles. The molecule has 160 valence electrons. The first-order valence-corrected chi connectivity index (χ1v) is 11.5. The van der Waals surface area contributed by atoms with Gasteiger partial charge in [0, 0.05) is 11.4 Å². The van der Waals surface area contributed by atoms with E-state index in [1.54, 1.807) is 16.4 Å². The molecule has 1 aromatic heterocycles. The number of thioether (sulfide) groups is 1. The molecule has 1 N–H and O–H groups in total. The predicted molar refractivity (Wildman–Crippen MR) is 123 cm³/mol. The Morgan fingerprint density at radius 1 is 1.10 bits per heavy atom. The Balaban J connectivity index is 1.70. The normalized spacial score (nSPS) is 15.4. The highest BCUT2D eigenvalue weighted by Crippen LogP contribution is 2.37. The Labute approximate surface area is 186 Å². The molecule has 0 spiro atoms. The highest BCUT2D eigenvalue weighted by Gasteiger charge is 2.35. The van der Waals surface area contributed by atoms with E-state index in [2.05, 4.69) is 53.6 Å². The number of hydrogen-bond donors (Lipinski definition) is 1. The molecule has 31 heavy (non-hydrogen) atoms. The smallest absolute Gasteiger partial charge is 0.338 e. The van der Waals surface area contributed by atoms with Gasteiger partial charge < -0.3 is 10.1 Å². The van der Waals surface area contributed by atoms with Gasteiger partial charge in [0.25, 0.3) is 0 Å². The van der Waals surface area contributed by atoms with E-state index < -0.39 is 0 Å². The van der Waals surface area contributed by atoms with Crippen molar-refractivity contribution in [3.63, 3.8) is 0 Å². The van der Waals surface area contributed by atoms with Crippen LogP contribution in [0, 0.1) is 0 Å². The Hall–Kier alpha value is -3.06. The molecule has 3 aromatic rings. The summed E-state index contributed by atoms with van der Waals surface area (Å²) >= 11 is 1.57. The molecule has 0 bridgehead atoms. The molecule has 7 heteroatoms. The van der Waals surface area contributed by atoms with Crippen molar-refractivity contribution in [2.75, 3.05) is 11.9 Å². The fourth-order valence-corrected chi connectivity index (χ4v) is 4.42. The minimum atomic E-state index is -0.389. The molecule has 0 fully saturated rings. The first-order valence-electron chi connectivity index (χ1n) is 10.5. The topological polar surface area (TPSA) is 69.0 Å². The Morgan fingerprint density at radius 2 is 1.84 bits per heavy atom. The molecule has 4 rings (SSSR count). The molecule has 0 aliphatic carbocycles. The second-order valence-electron chi connectivity index (χ2n) is 7.32. The quantitative estimate of drug-likeness (QED) is 0.418. The van der Waals surface area contributed by atoms with Gasteiger partial charge >= 0.3 is 5.97 Å². The van der Waals surface area contributed by atoms with Crippen LogP contribution in [0.15, 0.2) is 71.0 Å². The number of benzene rings is 2. The minimum Gasteiger partial charge on any atom is -0.463 e. The summed E-state index contributed by atoms with van der Waals surface area (Å²) in [7, 11) is 0. The lowest BCUT2D eigenvalue weighted by Crippen LogP contribution is -2.29. The second kappa shape index (κ2) is 9.39. The SMILES string of the molecule is CCOC(=O)C1=C(C)Nc2nc(SCc3ccccc3)nn2[C@@H]1c1ccc(CC)cc1. The standard InChI is InChI=1S/C24H26N4O2S/c1-4-17-11-13-19(14-12-17)21-20(22(29)30-5-2)16(3)25-23-26-24(27-28(21)23)31-15-18-9-7-6-8-10-18/h6-14,21H,4-5,15H2,1-3H3,(H,25,26,27)/t21-/m1/s1. The molecule has 0 saturated heterocycles. The average Bonchev–Trinajstić information content (AvgIpc) is 3.20. The Bertz CT molecular complexity index is 1090. The molecule has 0 radical (unpaired) electrons. The number of nitrogens with zero attached hydrogens (tertiary/aromatic N) is 3. The van der Waals surface area contributed by atoms with Crippen LogP contribution in [-0.2, 0) is 21.7 Å². The second-order valence-corrected chi connectivity index (χ2v) is 8.26. The van der Waals surface area contributed by atoms with Crippen LogP contribution in [0.5, 0.6) is 0 Å². The number of hydrogen-bond acceptors (Lipinski definition) is 6. The average molecular weight is 435 g/mol. The summed E-state index contributed by atoms with van der Waals surface area (Å²) in [6, 6.07) is 18.1. The van der Waals surface area contributed by atoms with E-state index in [1.807, 2.05) is 32.0 Å². The fourth-order valence-electron chi connectivity index (χ4n) is 3.63. The first-order chi connectivity index (χ1) is 15.1. The van der Waals surface area contributed by atoms with Gasteiger partial charge in [0.15, 0.2) is 0 Å². The van der Waals surface area contributed by atoms with Crippen LogP contribution in [0.2, 0.25) is 0 Å². The van der Waals surface area contributed by atoms with Crippen LogP contribution in [0.4, 0.5) is 5.95 Å². The van der Waals surface area contributed by atoms with Crippen molar-refractivity contribution in [1.82, 2.24) is 14.8 Å². The van der Waals surface area contributed by atoms with Crippen molar-refractivity contribution >= 4 is 23.7 Å². The van der Waals surface area contributed by atoms with E-state index in [9.17, 15) is 4.79 Å². The first kappa shape index (κ1) is 21.2. The summed E-state index contributed by atoms with van der Waals surface area (Å²) in [5.74, 6) is 1.07. The predicted octanol–water partition coefficient (Wildman–Crippen LogP) is 4.98. The van der Waals surface area contributed by atoms with Gasteiger partial charge in [-0.2, -0.15) is 4.98 Å². The third-order valence-corrected chi connectivity index (χ3v) is 6.15. The molecule has 0 saturated carbocycles. The summed E-state index contributed by atoms with van der Waals surface area (Å²) in [6.07, 6.45) is 0.959. The van der Waals surface area contributed by atoms with Crippen LogP contribution >= 0.6 is 11.8 Å². The number of nitrogens with one attached hydrogen (secondary N) is 1. The highest BCUT2D eigenvalue weighted by molar-refractivity contribution is 7.98. The monoisotopic (exact) mass is 434 g/mol. The zero-order chi connectivity index (χ0) is 21.8. The van der Waals surface area contributed by atoms with Gasteiger partial charge in [0.1, 0.15) is 6.04 Å². The number of aryl methyl sites for hydroxylation is 1. The van der Waals surface area contributed by atoms with Crippen LogP contribution in [0.1, 0.15) is 43.5 Å². The van der Waals surface area contributed by atoms with Crippen molar-refractivity contribution in [2.24, 2.45) is 0 Å². The number of rotatable bonds is 7. The highest BCUT2D eigenvalue weighted by atomic mass is 32.2. The fraction of sp³-hybridized carbons (Fsp3) is 0.292. The van der Waals surface area contributed by atoms with Crippen LogP contribution in [0.3, 0.4) is 0 Å². The summed E-state index contributed by atoms with van der Waals surface area (Å²) in [6.45, 7) is 6.14. The Kier molecular flexibility index (Phi) is 6.42. The maximum absolute atomic E-state index is 12.9. The maximum Gasteiger partial charge on any atom is 0.338 e. The maximum atomic E-state index is 12.9. The molecule has 1 aliphatic rings. The lowest BCUT2D eigenvalue weighted by Gasteiger charge is -2.28. The summed E-state index contributed by atoms with van der Waals surface area (Å²) in [4.78, 5) is 17.5. The number of carbonyl (C=O) groups excluding carboxylic acids is 1. The molecule has 0 amide bonds. The number of aromatic nitrogens is 3. The van der Waals surface area contributed by atoms with Crippen LogP contribution in [0.25, 0.3) is 0 Å². The largest absolute Gasteiger partial charge is 0.463 e. The van der Waals surface area contributed by atoms with Crippen molar-refractivity contribution in [3.8, 4) is 0 Å². The van der Waals surface area contributed by atoms with Gasteiger partial charge in [-0.3, -0.25) is 0 Å². The number of allylic oxidation sites excluding steroid dienone is 1. The van der Waals surface area contributed by atoms with Gasteiger partial charge in [0.05, 0.1) is 12.2 Å². The van der Waals surface area contributed by atoms with E-state index in [-0.39, 0.29) is 12.0 Å². The van der Waals surface area contributed by atoms with E-state index in [4.69, 9.17) is 9.84 Å². The molecule has 6 nitrogen and oxygen atoms in total. The van der Waals surface area contributed by atoms with E-state index in [0.29, 0.717) is 23.3 Å². The van der Waals surface area contributed by atoms with Crippen LogP contribution < -0.4 is 5.32 Å². The summed E-state index contributed by atoms with van der Waals surface area (Å²) in [5.41, 5.74) is 4.73. The van der Waals surface area contributed by atoms with E-state index in [0.717, 1.165) is 23.4 Å².